The van der Waals surface area contributed by atoms with Crippen LogP contribution in [-0.2, 0) is 9.16 Å². The molecule has 0 aromatic heterocycles. The largest absolute Gasteiger partial charge is 0.414 e. The van der Waals surface area contributed by atoms with E-state index in [2.05, 4.69) is 43.9 Å². The number of ether oxygens (including phenoxy) is 1. The monoisotopic (exact) mass is 303 g/mol. The van der Waals surface area contributed by atoms with Crippen molar-refractivity contribution in [2.45, 2.75) is 63.3 Å². The third-order valence-corrected chi connectivity index (χ3v) is 8.72. The van der Waals surface area contributed by atoms with Gasteiger partial charge in [0.2, 0.25) is 0 Å². The van der Waals surface area contributed by atoms with Crippen molar-refractivity contribution in [3.05, 3.63) is 10.4 Å². The molecular formula is C12H25N3O4Si. The van der Waals surface area contributed by atoms with Crippen molar-refractivity contribution >= 4 is 8.32 Å². The van der Waals surface area contributed by atoms with Crippen LogP contribution in [0.5, 0.6) is 0 Å². The summed E-state index contributed by atoms with van der Waals surface area (Å²) >= 11 is 0. The molecule has 0 aromatic carbocycles. The number of azide groups is 1. The van der Waals surface area contributed by atoms with Crippen LogP contribution in [0.1, 0.15) is 20.8 Å². The average Bonchev–Trinajstić information content (AvgIpc) is 2.33. The van der Waals surface area contributed by atoms with Gasteiger partial charge in [-0.3, -0.25) is 0 Å². The van der Waals surface area contributed by atoms with Gasteiger partial charge >= 0.3 is 0 Å². The smallest absolute Gasteiger partial charge is 0.192 e. The van der Waals surface area contributed by atoms with Crippen LogP contribution in [0.2, 0.25) is 18.1 Å². The van der Waals surface area contributed by atoms with E-state index in [0.717, 1.165) is 0 Å². The van der Waals surface area contributed by atoms with Crippen LogP contribution < -0.4 is 0 Å². The van der Waals surface area contributed by atoms with E-state index in [0.29, 0.717) is 0 Å². The minimum absolute atomic E-state index is 0.0683. The highest BCUT2D eigenvalue weighted by molar-refractivity contribution is 6.74. The van der Waals surface area contributed by atoms with E-state index in [-0.39, 0.29) is 18.3 Å². The average molecular weight is 303 g/mol. The molecule has 1 rings (SSSR count). The number of hydrogen-bond donors (Lipinski definition) is 2. The summed E-state index contributed by atoms with van der Waals surface area (Å²) in [5, 5.41) is 23.4. The molecule has 1 heterocycles. The highest BCUT2D eigenvalue weighted by atomic mass is 28.4. The summed E-state index contributed by atoms with van der Waals surface area (Å²) in [5.74, 6) is 0. The van der Waals surface area contributed by atoms with Crippen LogP contribution in [0.3, 0.4) is 0 Å². The van der Waals surface area contributed by atoms with Crippen LogP contribution >= 0.6 is 0 Å². The Morgan fingerprint density at radius 1 is 1.35 bits per heavy atom. The third-order valence-electron chi connectivity index (χ3n) is 4.22. The van der Waals surface area contributed by atoms with Crippen molar-refractivity contribution in [1.29, 1.82) is 0 Å². The Morgan fingerprint density at radius 3 is 2.45 bits per heavy atom. The van der Waals surface area contributed by atoms with Gasteiger partial charge in [0.1, 0.15) is 12.2 Å². The predicted octanol–water partition coefficient (Wildman–Crippen LogP) is 1.81. The van der Waals surface area contributed by atoms with Crippen molar-refractivity contribution in [2.75, 3.05) is 13.2 Å². The van der Waals surface area contributed by atoms with Crippen molar-refractivity contribution in [3.8, 4) is 0 Å². The molecule has 2 N–H and O–H groups in total. The minimum atomic E-state index is -1.93. The zero-order valence-corrected chi connectivity index (χ0v) is 13.8. The lowest BCUT2D eigenvalue weighted by Crippen LogP contribution is -2.55. The number of nitrogens with zero attached hydrogens (tertiary/aromatic N) is 3. The molecule has 0 aliphatic carbocycles. The summed E-state index contributed by atoms with van der Waals surface area (Å²) in [6, 6.07) is -0.751. The molecule has 0 unspecified atom stereocenters. The topological polar surface area (TPSA) is 108 Å². The number of hydrogen-bond acceptors (Lipinski definition) is 5. The molecule has 0 aromatic rings. The highest BCUT2D eigenvalue weighted by Gasteiger charge is 2.41. The fourth-order valence-electron chi connectivity index (χ4n) is 1.69. The quantitative estimate of drug-likeness (QED) is 0.357. The fraction of sp³-hybridized carbons (Fsp3) is 1.00. The van der Waals surface area contributed by atoms with Gasteiger partial charge in [0.25, 0.3) is 0 Å². The van der Waals surface area contributed by atoms with Gasteiger partial charge in [-0.25, -0.2) is 0 Å². The van der Waals surface area contributed by atoms with Crippen LogP contribution in [0, 0.1) is 0 Å². The maximum Gasteiger partial charge on any atom is 0.192 e. The summed E-state index contributed by atoms with van der Waals surface area (Å²) in [6.07, 6.45) is -2.82. The van der Waals surface area contributed by atoms with Gasteiger partial charge in [-0.15, -0.1) is 0 Å². The number of rotatable bonds is 4. The van der Waals surface area contributed by atoms with E-state index in [1.807, 2.05) is 0 Å². The van der Waals surface area contributed by atoms with Crippen LogP contribution in [0.15, 0.2) is 5.11 Å². The summed E-state index contributed by atoms with van der Waals surface area (Å²) in [7, 11) is -1.93. The van der Waals surface area contributed by atoms with E-state index in [1.165, 1.54) is 0 Å². The van der Waals surface area contributed by atoms with Gasteiger partial charge in [0.05, 0.1) is 25.4 Å². The normalized spacial score (nSPS) is 31.8. The second-order valence-corrected chi connectivity index (χ2v) is 11.5. The Bertz CT molecular complexity index is 379. The first-order valence-corrected chi connectivity index (χ1v) is 9.67. The molecule has 1 saturated heterocycles. The highest BCUT2D eigenvalue weighted by Crippen LogP contribution is 2.37. The van der Waals surface area contributed by atoms with Gasteiger partial charge < -0.3 is 19.4 Å². The van der Waals surface area contributed by atoms with Gasteiger partial charge in [-0.2, -0.15) is 0 Å². The van der Waals surface area contributed by atoms with Gasteiger partial charge in [-0.1, -0.05) is 25.9 Å². The van der Waals surface area contributed by atoms with Crippen LogP contribution in [-0.4, -0.2) is 56.1 Å². The molecule has 7 nitrogen and oxygen atoms in total. The van der Waals surface area contributed by atoms with Crippen molar-refractivity contribution < 1.29 is 19.4 Å². The van der Waals surface area contributed by atoms with Gasteiger partial charge in [0.15, 0.2) is 8.32 Å². The van der Waals surface area contributed by atoms with Crippen LogP contribution in [0.25, 0.3) is 10.4 Å². The van der Waals surface area contributed by atoms with Crippen molar-refractivity contribution in [1.82, 2.24) is 0 Å². The molecule has 116 valence electrons. The fourth-order valence-corrected chi connectivity index (χ4v) is 2.70. The third kappa shape index (κ3) is 3.94. The molecular weight excluding hydrogens is 278 g/mol. The molecule has 0 spiro atoms. The van der Waals surface area contributed by atoms with Crippen molar-refractivity contribution in [2.24, 2.45) is 5.11 Å². The Balaban J connectivity index is 2.61. The first kappa shape index (κ1) is 17.4. The molecule has 20 heavy (non-hydrogen) atoms. The van der Waals surface area contributed by atoms with Crippen molar-refractivity contribution in [3.63, 3.8) is 0 Å². The second kappa shape index (κ2) is 6.42. The number of aliphatic hydroxyl groups is 2. The second-order valence-electron chi connectivity index (χ2n) is 6.70. The molecule has 0 radical (unpaired) electrons. The minimum Gasteiger partial charge on any atom is -0.414 e. The Kier molecular flexibility index (Phi) is 5.59. The van der Waals surface area contributed by atoms with Gasteiger partial charge in [-0.05, 0) is 23.7 Å². The Morgan fingerprint density at radius 2 is 1.95 bits per heavy atom. The zero-order valence-electron chi connectivity index (χ0n) is 12.8. The lowest BCUT2D eigenvalue weighted by molar-refractivity contribution is -0.154. The first-order valence-electron chi connectivity index (χ1n) is 6.76. The van der Waals surface area contributed by atoms with E-state index >= 15 is 0 Å². The molecule has 0 bridgehead atoms. The zero-order chi connectivity index (χ0) is 15.6. The molecule has 4 atom stereocenters. The molecule has 1 aliphatic heterocycles. The van der Waals surface area contributed by atoms with E-state index in [1.54, 1.807) is 0 Å². The Labute approximate surface area is 120 Å². The SMILES string of the molecule is CC(C)(C)[Si](C)(C)OC[C@@H]1OC[C@H](N=[N+]=[N-])[C@@H](O)[C@H]1O. The maximum atomic E-state index is 10.0. The maximum absolute atomic E-state index is 10.0. The summed E-state index contributed by atoms with van der Waals surface area (Å²) in [6.45, 7) is 10.9. The van der Waals surface area contributed by atoms with E-state index < -0.39 is 32.7 Å². The molecule has 0 amide bonds. The number of aliphatic hydroxyl groups excluding tert-OH is 2. The van der Waals surface area contributed by atoms with Gasteiger partial charge in [0, 0.05) is 4.91 Å². The summed E-state index contributed by atoms with van der Waals surface area (Å²) in [5.41, 5.74) is 8.38. The molecule has 0 saturated carbocycles. The standard InChI is InChI=1S/C12H25N3O4Si/c1-12(2,3)20(4,5)19-7-9-11(17)10(16)8(6-18-9)14-15-13/h8-11,16-17H,6-7H2,1-5H3/t8-,9-,10+,11-/m0/s1. The first-order chi connectivity index (χ1) is 9.10. The van der Waals surface area contributed by atoms with E-state index in [4.69, 9.17) is 14.7 Å². The summed E-state index contributed by atoms with van der Waals surface area (Å²) < 4.78 is 11.4. The predicted molar refractivity (Wildman–Crippen MR) is 77.8 cm³/mol. The molecule has 1 aliphatic rings. The van der Waals surface area contributed by atoms with Crippen LogP contribution in [0.4, 0.5) is 0 Å². The summed E-state index contributed by atoms with van der Waals surface area (Å²) in [4.78, 5) is 2.64. The molecule has 8 heteroatoms. The lowest BCUT2D eigenvalue weighted by atomic mass is 9.99. The molecule has 1 fully saturated rings. The lowest BCUT2D eigenvalue weighted by Gasteiger charge is -2.40. The Hall–Kier alpha value is -0.633. The van der Waals surface area contributed by atoms with E-state index in [9.17, 15) is 10.2 Å².